The summed E-state index contributed by atoms with van der Waals surface area (Å²) in [5.41, 5.74) is 5.33. The number of phosphoric acid groups is 1. The fraction of sp³-hybridized carbons (Fsp3) is 0.628. The van der Waals surface area contributed by atoms with Gasteiger partial charge in [0.2, 0.25) is 0 Å². The SMILES string of the molecule is CC/C=C\C/C=C\C/C=C\C/C=C\CCCCC(=O)O[C@H](COC(=O)CCC/C=C\C/C=C\C/C=C\CCCCCCCC)COP(=O)(O)OCCN. The van der Waals surface area contributed by atoms with Gasteiger partial charge in [-0.3, -0.25) is 18.6 Å². The topological polar surface area (TPSA) is 134 Å². The van der Waals surface area contributed by atoms with Crippen molar-refractivity contribution in [2.75, 3.05) is 26.4 Å². The normalized spacial score (nSPS) is 14.3. The second kappa shape index (κ2) is 38.9. The molecule has 0 rings (SSSR count). The van der Waals surface area contributed by atoms with Gasteiger partial charge in [-0.15, -0.1) is 0 Å². The fourth-order valence-electron chi connectivity index (χ4n) is 4.82. The molecular formula is C43H72NO8P. The molecule has 0 radical (unpaired) electrons. The van der Waals surface area contributed by atoms with Crippen molar-refractivity contribution in [3.05, 3.63) is 85.1 Å². The highest BCUT2D eigenvalue weighted by atomic mass is 31.2. The number of phosphoric ester groups is 1. The average molecular weight is 762 g/mol. The van der Waals surface area contributed by atoms with E-state index in [1.54, 1.807) is 0 Å². The summed E-state index contributed by atoms with van der Waals surface area (Å²) in [6.07, 6.45) is 47.7. The first-order valence-electron chi connectivity index (χ1n) is 20.1. The molecule has 0 saturated heterocycles. The van der Waals surface area contributed by atoms with Gasteiger partial charge >= 0.3 is 19.8 Å². The van der Waals surface area contributed by atoms with E-state index >= 15 is 0 Å². The van der Waals surface area contributed by atoms with E-state index in [0.29, 0.717) is 12.8 Å². The summed E-state index contributed by atoms with van der Waals surface area (Å²) in [6.45, 7) is 3.47. The van der Waals surface area contributed by atoms with Crippen LogP contribution in [0.15, 0.2) is 85.1 Å². The Labute approximate surface area is 322 Å². The van der Waals surface area contributed by atoms with Crippen molar-refractivity contribution >= 4 is 19.8 Å². The van der Waals surface area contributed by atoms with Crippen LogP contribution in [0.2, 0.25) is 0 Å². The number of unbranched alkanes of at least 4 members (excludes halogenated alkanes) is 9. The molecule has 0 aliphatic carbocycles. The van der Waals surface area contributed by atoms with Crippen LogP contribution in [-0.2, 0) is 32.7 Å². The summed E-state index contributed by atoms with van der Waals surface area (Å²) < 4.78 is 32.6. The number of ether oxygens (including phenoxy) is 2. The van der Waals surface area contributed by atoms with Crippen LogP contribution in [0.3, 0.4) is 0 Å². The number of nitrogens with two attached hydrogens (primary N) is 1. The Bertz CT molecular complexity index is 1140. The van der Waals surface area contributed by atoms with E-state index < -0.39 is 32.5 Å². The van der Waals surface area contributed by atoms with E-state index in [4.69, 9.17) is 24.3 Å². The molecule has 0 aliphatic heterocycles. The van der Waals surface area contributed by atoms with Crippen LogP contribution in [0.4, 0.5) is 0 Å². The zero-order chi connectivity index (χ0) is 38.9. The zero-order valence-corrected chi connectivity index (χ0v) is 33.9. The molecule has 0 aliphatic rings. The molecule has 10 heteroatoms. The largest absolute Gasteiger partial charge is 0.472 e. The van der Waals surface area contributed by atoms with E-state index in [0.717, 1.165) is 64.2 Å². The number of allylic oxidation sites excluding steroid dienone is 14. The molecule has 302 valence electrons. The third-order valence-electron chi connectivity index (χ3n) is 7.77. The molecule has 53 heavy (non-hydrogen) atoms. The Kier molecular flexibility index (Phi) is 36.8. The molecule has 1 unspecified atom stereocenters. The van der Waals surface area contributed by atoms with E-state index in [-0.39, 0.29) is 32.6 Å². The number of hydrogen-bond donors (Lipinski definition) is 2. The van der Waals surface area contributed by atoms with E-state index in [9.17, 15) is 19.0 Å². The lowest BCUT2D eigenvalue weighted by Crippen LogP contribution is -2.29. The smallest absolute Gasteiger partial charge is 0.462 e. The molecule has 0 aromatic carbocycles. The summed E-state index contributed by atoms with van der Waals surface area (Å²) in [5, 5.41) is 0. The average Bonchev–Trinajstić information content (AvgIpc) is 3.14. The van der Waals surface area contributed by atoms with E-state index in [2.05, 4.69) is 92.8 Å². The van der Waals surface area contributed by atoms with Gasteiger partial charge in [-0.2, -0.15) is 0 Å². The van der Waals surface area contributed by atoms with Gasteiger partial charge < -0.3 is 20.1 Å². The van der Waals surface area contributed by atoms with Crippen LogP contribution in [0.25, 0.3) is 0 Å². The zero-order valence-electron chi connectivity index (χ0n) is 33.0. The second-order valence-corrected chi connectivity index (χ2v) is 14.2. The lowest BCUT2D eigenvalue weighted by molar-refractivity contribution is -0.161. The van der Waals surface area contributed by atoms with Crippen LogP contribution in [0, 0.1) is 0 Å². The van der Waals surface area contributed by atoms with Crippen molar-refractivity contribution in [2.24, 2.45) is 5.73 Å². The van der Waals surface area contributed by atoms with Crippen LogP contribution >= 0.6 is 7.82 Å². The molecular weight excluding hydrogens is 689 g/mol. The van der Waals surface area contributed by atoms with Gasteiger partial charge in [-0.25, -0.2) is 4.57 Å². The maximum atomic E-state index is 12.5. The summed E-state index contributed by atoms with van der Waals surface area (Å²) in [5.74, 6) is -0.949. The first-order chi connectivity index (χ1) is 25.8. The minimum atomic E-state index is -4.40. The molecule has 0 amide bonds. The third-order valence-corrected chi connectivity index (χ3v) is 8.75. The Morgan fingerprint density at radius 2 is 1.06 bits per heavy atom. The second-order valence-electron chi connectivity index (χ2n) is 12.8. The maximum absolute atomic E-state index is 12.5. The van der Waals surface area contributed by atoms with Gasteiger partial charge in [0, 0.05) is 19.4 Å². The van der Waals surface area contributed by atoms with Crippen LogP contribution in [-0.4, -0.2) is 49.3 Å². The quantitative estimate of drug-likeness (QED) is 0.0277. The molecule has 0 fully saturated rings. The van der Waals surface area contributed by atoms with Crippen LogP contribution < -0.4 is 5.73 Å². The number of esters is 2. The standard InChI is InChI=1S/C43H72NO8P/c1-3-5-7-9-11-13-15-17-19-20-22-23-25-27-29-31-33-35-42(45)49-39-41(40-51-53(47,48)50-38-37-44)52-43(46)36-34-32-30-28-26-24-21-18-16-14-12-10-8-6-4-2/h6,8,12,14,17-19,21-23,26-29,41H,3-5,7,9-11,13,15-16,20,24-25,30-40,44H2,1-2H3,(H,47,48)/b8-6-,14-12-,19-17-,21-18-,23-22-,28-26-,29-27-/t41-/m1/s1. The summed E-state index contributed by atoms with van der Waals surface area (Å²) >= 11 is 0. The van der Waals surface area contributed by atoms with Crippen LogP contribution in [0.5, 0.6) is 0 Å². The molecule has 9 nitrogen and oxygen atoms in total. The van der Waals surface area contributed by atoms with Gasteiger partial charge in [0.1, 0.15) is 6.61 Å². The van der Waals surface area contributed by atoms with E-state index in [1.807, 2.05) is 6.08 Å². The van der Waals surface area contributed by atoms with Crippen molar-refractivity contribution in [2.45, 2.75) is 148 Å². The number of hydrogen-bond acceptors (Lipinski definition) is 8. The fourth-order valence-corrected chi connectivity index (χ4v) is 5.58. The van der Waals surface area contributed by atoms with E-state index in [1.165, 1.54) is 38.5 Å². The summed E-state index contributed by atoms with van der Waals surface area (Å²) in [4.78, 5) is 34.7. The lowest BCUT2D eigenvalue weighted by atomic mass is 10.1. The highest BCUT2D eigenvalue weighted by molar-refractivity contribution is 7.47. The Morgan fingerprint density at radius 1 is 0.585 bits per heavy atom. The van der Waals surface area contributed by atoms with Crippen molar-refractivity contribution in [1.82, 2.24) is 0 Å². The predicted octanol–water partition coefficient (Wildman–Crippen LogP) is 11.3. The Balaban J connectivity index is 4.37. The number of rotatable bonds is 36. The molecule has 0 aromatic rings. The van der Waals surface area contributed by atoms with Crippen molar-refractivity contribution in [3.8, 4) is 0 Å². The van der Waals surface area contributed by atoms with Gasteiger partial charge in [-0.1, -0.05) is 131 Å². The van der Waals surface area contributed by atoms with Gasteiger partial charge in [0.25, 0.3) is 0 Å². The molecule has 0 aromatic heterocycles. The number of carbonyl (C=O) groups is 2. The molecule has 0 spiro atoms. The molecule has 2 atom stereocenters. The minimum absolute atomic E-state index is 0.0355. The lowest BCUT2D eigenvalue weighted by Gasteiger charge is -2.19. The first-order valence-corrected chi connectivity index (χ1v) is 21.6. The predicted molar refractivity (Wildman–Crippen MR) is 219 cm³/mol. The maximum Gasteiger partial charge on any atom is 0.472 e. The third kappa shape index (κ3) is 38.7. The molecule has 3 N–H and O–H groups in total. The highest BCUT2D eigenvalue weighted by Gasteiger charge is 2.25. The summed E-state index contributed by atoms with van der Waals surface area (Å²) in [7, 11) is -4.40. The van der Waals surface area contributed by atoms with Crippen LogP contribution in [0.1, 0.15) is 142 Å². The number of carbonyl (C=O) groups excluding carboxylic acids is 2. The Hall–Kier alpha value is -2.81. The monoisotopic (exact) mass is 761 g/mol. The molecule has 0 heterocycles. The van der Waals surface area contributed by atoms with Crippen molar-refractivity contribution in [1.29, 1.82) is 0 Å². The van der Waals surface area contributed by atoms with Crippen molar-refractivity contribution < 1.29 is 37.6 Å². The molecule has 0 saturated carbocycles. The minimum Gasteiger partial charge on any atom is -0.462 e. The van der Waals surface area contributed by atoms with Gasteiger partial charge in [-0.05, 0) is 83.5 Å². The first kappa shape index (κ1) is 50.2. The summed E-state index contributed by atoms with van der Waals surface area (Å²) in [6, 6.07) is 0. The highest BCUT2D eigenvalue weighted by Crippen LogP contribution is 2.43. The Morgan fingerprint density at radius 3 is 1.60 bits per heavy atom. The van der Waals surface area contributed by atoms with Gasteiger partial charge in [0.15, 0.2) is 6.10 Å². The molecule has 0 bridgehead atoms. The van der Waals surface area contributed by atoms with Gasteiger partial charge in [0.05, 0.1) is 13.2 Å². The van der Waals surface area contributed by atoms with Crippen molar-refractivity contribution in [3.63, 3.8) is 0 Å².